The largest absolute Gasteiger partial charge is 0.360 e. The molecular formula is C12H10BrN3. The van der Waals surface area contributed by atoms with Gasteiger partial charge in [-0.3, -0.25) is 0 Å². The Morgan fingerprint density at radius 2 is 2.19 bits per heavy atom. The van der Waals surface area contributed by atoms with Gasteiger partial charge in [0.2, 0.25) is 0 Å². The van der Waals surface area contributed by atoms with Gasteiger partial charge in [-0.2, -0.15) is 0 Å². The third-order valence-corrected chi connectivity index (χ3v) is 3.53. The summed E-state index contributed by atoms with van der Waals surface area (Å²) in [5.41, 5.74) is 4.12. The summed E-state index contributed by atoms with van der Waals surface area (Å²) in [6.45, 7) is 2.07. The normalized spacial score (nSPS) is 11.1. The highest BCUT2D eigenvalue weighted by Gasteiger charge is 2.07. The number of fused-ring (bicyclic) bond motifs is 1. The average Bonchev–Trinajstić information content (AvgIpc) is 2.91. The van der Waals surface area contributed by atoms with E-state index < -0.39 is 0 Å². The van der Waals surface area contributed by atoms with Crippen LogP contribution in [0, 0.1) is 6.92 Å². The second-order valence-corrected chi connectivity index (χ2v) is 4.56. The van der Waals surface area contributed by atoms with Gasteiger partial charge in [0.1, 0.15) is 11.3 Å². The first-order valence-corrected chi connectivity index (χ1v) is 5.83. The van der Waals surface area contributed by atoms with Crippen LogP contribution in [0.5, 0.6) is 0 Å². The van der Waals surface area contributed by atoms with Crippen LogP contribution in [0.1, 0.15) is 5.69 Å². The van der Waals surface area contributed by atoms with Crippen LogP contribution in [0.3, 0.4) is 0 Å². The summed E-state index contributed by atoms with van der Waals surface area (Å²) in [7, 11) is 0. The molecule has 0 saturated carbocycles. The maximum absolute atomic E-state index is 4.57. The number of imidazole rings is 1. The topological polar surface area (TPSA) is 33.1 Å². The number of H-pyrrole nitrogens is 1. The number of hydrogen-bond acceptors (Lipinski definition) is 1. The van der Waals surface area contributed by atoms with E-state index in [9.17, 15) is 0 Å². The SMILES string of the molecule is Cc1c(Br)ccc2nc(-c3ccc[nH]3)cn12. The highest BCUT2D eigenvalue weighted by Crippen LogP contribution is 2.22. The van der Waals surface area contributed by atoms with E-state index in [1.165, 1.54) is 0 Å². The molecule has 4 heteroatoms. The van der Waals surface area contributed by atoms with Gasteiger partial charge < -0.3 is 9.38 Å². The predicted molar refractivity (Wildman–Crippen MR) is 67.4 cm³/mol. The van der Waals surface area contributed by atoms with Crippen molar-refractivity contribution in [3.8, 4) is 11.4 Å². The van der Waals surface area contributed by atoms with Crippen molar-refractivity contribution in [3.05, 3.63) is 46.8 Å². The van der Waals surface area contributed by atoms with Crippen molar-refractivity contribution in [1.29, 1.82) is 0 Å². The Morgan fingerprint density at radius 1 is 1.31 bits per heavy atom. The van der Waals surface area contributed by atoms with Crippen LogP contribution in [-0.2, 0) is 0 Å². The quantitative estimate of drug-likeness (QED) is 0.726. The molecule has 3 rings (SSSR count). The molecule has 3 nitrogen and oxygen atoms in total. The minimum atomic E-state index is 0.963. The Balaban J connectivity index is 2.28. The highest BCUT2D eigenvalue weighted by molar-refractivity contribution is 9.10. The van der Waals surface area contributed by atoms with Crippen molar-refractivity contribution in [2.45, 2.75) is 6.92 Å². The molecule has 0 aliphatic rings. The molecule has 0 aromatic carbocycles. The zero-order valence-corrected chi connectivity index (χ0v) is 10.3. The van der Waals surface area contributed by atoms with Crippen molar-refractivity contribution in [2.75, 3.05) is 0 Å². The number of aromatic nitrogens is 3. The number of halogens is 1. The molecule has 0 aliphatic carbocycles. The molecule has 3 aromatic heterocycles. The van der Waals surface area contributed by atoms with Gasteiger partial charge in [-0.05, 0) is 47.1 Å². The number of nitrogens with one attached hydrogen (secondary N) is 1. The summed E-state index contributed by atoms with van der Waals surface area (Å²) in [5.74, 6) is 0. The molecule has 0 amide bonds. The van der Waals surface area contributed by atoms with Gasteiger partial charge in [-0.25, -0.2) is 4.98 Å². The number of aryl methyl sites for hydroxylation is 1. The zero-order chi connectivity index (χ0) is 11.1. The molecule has 16 heavy (non-hydrogen) atoms. The summed E-state index contributed by atoms with van der Waals surface area (Å²) in [6, 6.07) is 8.02. The van der Waals surface area contributed by atoms with Crippen LogP contribution in [0.4, 0.5) is 0 Å². The summed E-state index contributed by atoms with van der Waals surface area (Å²) in [4.78, 5) is 7.73. The lowest BCUT2D eigenvalue weighted by Crippen LogP contribution is -1.89. The molecular weight excluding hydrogens is 266 g/mol. The fourth-order valence-electron chi connectivity index (χ4n) is 1.78. The summed E-state index contributed by atoms with van der Waals surface area (Å²) >= 11 is 3.52. The van der Waals surface area contributed by atoms with E-state index in [-0.39, 0.29) is 0 Å². The van der Waals surface area contributed by atoms with Crippen molar-refractivity contribution in [3.63, 3.8) is 0 Å². The first-order valence-electron chi connectivity index (χ1n) is 5.03. The Hall–Kier alpha value is -1.55. The minimum Gasteiger partial charge on any atom is -0.360 e. The molecule has 0 bridgehead atoms. The Kier molecular flexibility index (Phi) is 2.11. The van der Waals surface area contributed by atoms with E-state index in [4.69, 9.17) is 0 Å². The average molecular weight is 276 g/mol. The maximum atomic E-state index is 4.57. The predicted octanol–water partition coefficient (Wildman–Crippen LogP) is 3.40. The lowest BCUT2D eigenvalue weighted by molar-refractivity contribution is 1.08. The smallest absolute Gasteiger partial charge is 0.137 e. The Bertz CT molecular complexity index is 638. The molecule has 1 N–H and O–H groups in total. The maximum Gasteiger partial charge on any atom is 0.137 e. The minimum absolute atomic E-state index is 0.963. The summed E-state index contributed by atoms with van der Waals surface area (Å²) < 4.78 is 3.18. The van der Waals surface area contributed by atoms with Crippen LogP contribution in [0.15, 0.2) is 41.1 Å². The van der Waals surface area contributed by atoms with E-state index in [0.29, 0.717) is 0 Å². The van der Waals surface area contributed by atoms with Gasteiger partial charge in [-0.1, -0.05) is 0 Å². The van der Waals surface area contributed by atoms with Gasteiger partial charge in [0.15, 0.2) is 0 Å². The molecule has 3 heterocycles. The van der Waals surface area contributed by atoms with E-state index in [1.54, 1.807) is 0 Å². The number of rotatable bonds is 1. The van der Waals surface area contributed by atoms with Gasteiger partial charge in [0, 0.05) is 22.6 Å². The molecule has 0 saturated heterocycles. The van der Waals surface area contributed by atoms with Gasteiger partial charge in [-0.15, -0.1) is 0 Å². The van der Waals surface area contributed by atoms with Crippen LogP contribution in [-0.4, -0.2) is 14.4 Å². The van der Waals surface area contributed by atoms with Gasteiger partial charge in [0.25, 0.3) is 0 Å². The number of aromatic amines is 1. The van der Waals surface area contributed by atoms with Crippen LogP contribution >= 0.6 is 15.9 Å². The fraction of sp³-hybridized carbons (Fsp3) is 0.0833. The molecule has 80 valence electrons. The Morgan fingerprint density at radius 3 is 2.94 bits per heavy atom. The van der Waals surface area contributed by atoms with E-state index in [2.05, 4.69) is 37.2 Å². The summed E-state index contributed by atoms with van der Waals surface area (Å²) in [6.07, 6.45) is 3.95. The molecule has 0 radical (unpaired) electrons. The van der Waals surface area contributed by atoms with Gasteiger partial charge in [0.05, 0.1) is 5.69 Å². The molecule has 3 aromatic rings. The van der Waals surface area contributed by atoms with Crippen molar-refractivity contribution in [1.82, 2.24) is 14.4 Å². The van der Waals surface area contributed by atoms with E-state index in [0.717, 1.165) is 27.2 Å². The second-order valence-electron chi connectivity index (χ2n) is 3.70. The van der Waals surface area contributed by atoms with Gasteiger partial charge >= 0.3 is 0 Å². The number of nitrogens with zero attached hydrogens (tertiary/aromatic N) is 2. The molecule has 0 aliphatic heterocycles. The van der Waals surface area contributed by atoms with Crippen LogP contribution < -0.4 is 0 Å². The lowest BCUT2D eigenvalue weighted by atomic mass is 10.3. The van der Waals surface area contributed by atoms with Crippen LogP contribution in [0.2, 0.25) is 0 Å². The first-order chi connectivity index (χ1) is 7.75. The third kappa shape index (κ3) is 1.38. The van der Waals surface area contributed by atoms with E-state index in [1.807, 2.05) is 36.7 Å². The molecule has 0 fully saturated rings. The number of hydrogen-bond donors (Lipinski definition) is 1. The highest BCUT2D eigenvalue weighted by atomic mass is 79.9. The second kappa shape index (κ2) is 3.49. The standard InChI is InChI=1S/C12H10BrN3/c1-8-9(13)4-5-12-15-11(7-16(8)12)10-3-2-6-14-10/h2-7,14H,1H3. The third-order valence-electron chi connectivity index (χ3n) is 2.69. The van der Waals surface area contributed by atoms with Crippen molar-refractivity contribution < 1.29 is 0 Å². The monoisotopic (exact) mass is 275 g/mol. The molecule has 0 atom stereocenters. The van der Waals surface area contributed by atoms with Crippen molar-refractivity contribution >= 4 is 21.6 Å². The van der Waals surface area contributed by atoms with E-state index >= 15 is 0 Å². The molecule has 0 unspecified atom stereocenters. The lowest BCUT2D eigenvalue weighted by Gasteiger charge is -2.00. The zero-order valence-electron chi connectivity index (χ0n) is 8.74. The van der Waals surface area contributed by atoms with Crippen LogP contribution in [0.25, 0.3) is 17.0 Å². The Labute approximate surface area is 101 Å². The number of pyridine rings is 1. The molecule has 0 spiro atoms. The first kappa shape index (κ1) is 9.66. The fourth-order valence-corrected chi connectivity index (χ4v) is 2.11. The van der Waals surface area contributed by atoms with Crippen molar-refractivity contribution in [2.24, 2.45) is 0 Å². The summed E-state index contributed by atoms with van der Waals surface area (Å²) in [5, 5.41) is 0.